The average Bonchev–Trinajstić information content (AvgIpc) is 2.35. The van der Waals surface area contributed by atoms with Gasteiger partial charge in [0.05, 0.1) is 19.8 Å². The van der Waals surface area contributed by atoms with Crippen LogP contribution < -0.4 is 0 Å². The molecule has 5 heteroatoms. The molecule has 0 aliphatic heterocycles. The fraction of sp³-hybridized carbons (Fsp3) is 0.273. The van der Waals surface area contributed by atoms with Crippen LogP contribution >= 0.6 is 0 Å². The Bertz CT molecular complexity index is 399. The lowest BCUT2D eigenvalue weighted by Crippen LogP contribution is -2.17. The molecule has 0 aliphatic rings. The Morgan fingerprint density at radius 2 is 1.81 bits per heavy atom. The standard InChI is InChI=1S/C11H12O5/c1-15-10(13)8-6-4-3-5-7(8)9(12)11(14)16-2/h3-6,9,12H,1-2H3. The molecule has 0 saturated carbocycles. The molecule has 0 radical (unpaired) electrons. The van der Waals surface area contributed by atoms with Gasteiger partial charge in [0, 0.05) is 5.56 Å². The van der Waals surface area contributed by atoms with Gasteiger partial charge >= 0.3 is 11.9 Å². The number of aliphatic hydroxyl groups excluding tert-OH is 1. The first-order valence-electron chi connectivity index (χ1n) is 4.55. The molecule has 0 aromatic heterocycles. The Hall–Kier alpha value is -1.88. The molecule has 0 amide bonds. The SMILES string of the molecule is COC(=O)c1ccccc1C(O)C(=O)OC. The van der Waals surface area contributed by atoms with Gasteiger partial charge in [-0.05, 0) is 6.07 Å². The van der Waals surface area contributed by atoms with Gasteiger partial charge in [-0.1, -0.05) is 18.2 Å². The third-order valence-electron chi connectivity index (χ3n) is 2.09. The van der Waals surface area contributed by atoms with E-state index in [2.05, 4.69) is 9.47 Å². The summed E-state index contributed by atoms with van der Waals surface area (Å²) >= 11 is 0. The van der Waals surface area contributed by atoms with Crippen molar-refractivity contribution in [1.82, 2.24) is 0 Å². The van der Waals surface area contributed by atoms with Gasteiger partial charge in [0.15, 0.2) is 6.10 Å². The molecule has 0 saturated heterocycles. The summed E-state index contributed by atoms with van der Waals surface area (Å²) in [6, 6.07) is 6.15. The lowest BCUT2D eigenvalue weighted by atomic mass is 10.0. The highest BCUT2D eigenvalue weighted by atomic mass is 16.5. The van der Waals surface area contributed by atoms with Crippen LogP contribution in [-0.4, -0.2) is 31.3 Å². The predicted octanol–water partition coefficient (Wildman–Crippen LogP) is 0.680. The fourth-order valence-corrected chi connectivity index (χ4v) is 1.27. The first kappa shape index (κ1) is 12.2. The topological polar surface area (TPSA) is 72.8 Å². The van der Waals surface area contributed by atoms with Gasteiger partial charge in [-0.15, -0.1) is 0 Å². The zero-order valence-corrected chi connectivity index (χ0v) is 8.97. The van der Waals surface area contributed by atoms with Crippen LogP contribution in [0.5, 0.6) is 0 Å². The van der Waals surface area contributed by atoms with Crippen molar-refractivity contribution in [3.05, 3.63) is 35.4 Å². The van der Waals surface area contributed by atoms with E-state index in [9.17, 15) is 14.7 Å². The summed E-state index contributed by atoms with van der Waals surface area (Å²) in [5.74, 6) is -1.44. The molecule has 1 unspecified atom stereocenters. The first-order chi connectivity index (χ1) is 7.61. The Balaban J connectivity index is 3.13. The maximum absolute atomic E-state index is 11.4. The molecule has 1 aromatic carbocycles. The predicted molar refractivity (Wildman–Crippen MR) is 54.8 cm³/mol. The lowest BCUT2D eigenvalue weighted by Gasteiger charge is -2.11. The number of methoxy groups -OCH3 is 2. The van der Waals surface area contributed by atoms with Crippen molar-refractivity contribution in [2.75, 3.05) is 14.2 Å². The van der Waals surface area contributed by atoms with Crippen molar-refractivity contribution < 1.29 is 24.2 Å². The highest BCUT2D eigenvalue weighted by molar-refractivity contribution is 5.93. The maximum Gasteiger partial charge on any atom is 0.339 e. The van der Waals surface area contributed by atoms with Crippen LogP contribution in [0, 0.1) is 0 Å². The molecular weight excluding hydrogens is 212 g/mol. The van der Waals surface area contributed by atoms with Crippen molar-refractivity contribution in [3.8, 4) is 0 Å². The van der Waals surface area contributed by atoms with Gasteiger partial charge in [0.25, 0.3) is 0 Å². The molecule has 16 heavy (non-hydrogen) atoms. The van der Waals surface area contributed by atoms with E-state index in [-0.39, 0.29) is 11.1 Å². The van der Waals surface area contributed by atoms with Gasteiger partial charge in [-0.25, -0.2) is 9.59 Å². The van der Waals surface area contributed by atoms with Gasteiger partial charge in [0.1, 0.15) is 0 Å². The van der Waals surface area contributed by atoms with Crippen molar-refractivity contribution in [3.63, 3.8) is 0 Å². The quantitative estimate of drug-likeness (QED) is 0.764. The molecule has 1 atom stereocenters. The fourth-order valence-electron chi connectivity index (χ4n) is 1.27. The number of carbonyl (C=O) groups excluding carboxylic acids is 2. The Morgan fingerprint density at radius 1 is 1.19 bits per heavy atom. The third kappa shape index (κ3) is 2.38. The van der Waals surface area contributed by atoms with E-state index in [1.165, 1.54) is 19.2 Å². The molecule has 0 spiro atoms. The minimum atomic E-state index is -1.49. The minimum Gasteiger partial charge on any atom is -0.467 e. The number of aliphatic hydroxyl groups is 1. The molecular formula is C11H12O5. The number of hydrogen-bond acceptors (Lipinski definition) is 5. The molecule has 86 valence electrons. The molecule has 0 heterocycles. The largest absolute Gasteiger partial charge is 0.467 e. The summed E-state index contributed by atoms with van der Waals surface area (Å²) in [6.07, 6.45) is -1.49. The lowest BCUT2D eigenvalue weighted by molar-refractivity contribution is -0.150. The molecule has 1 N–H and O–H groups in total. The van der Waals surface area contributed by atoms with E-state index in [0.717, 1.165) is 7.11 Å². The second-order valence-corrected chi connectivity index (χ2v) is 3.00. The van der Waals surface area contributed by atoms with Gasteiger partial charge in [-0.3, -0.25) is 0 Å². The van der Waals surface area contributed by atoms with E-state index < -0.39 is 18.0 Å². The number of ether oxygens (including phenoxy) is 2. The van der Waals surface area contributed by atoms with Crippen LogP contribution in [0.1, 0.15) is 22.0 Å². The second kappa shape index (κ2) is 5.27. The maximum atomic E-state index is 11.4. The van der Waals surface area contributed by atoms with Crippen molar-refractivity contribution >= 4 is 11.9 Å². The van der Waals surface area contributed by atoms with Crippen molar-refractivity contribution in [2.24, 2.45) is 0 Å². The van der Waals surface area contributed by atoms with Crippen LogP contribution in [0.3, 0.4) is 0 Å². The summed E-state index contributed by atoms with van der Waals surface area (Å²) in [5.41, 5.74) is 0.309. The monoisotopic (exact) mass is 224 g/mol. The van der Waals surface area contributed by atoms with Gasteiger partial charge in [-0.2, -0.15) is 0 Å². The Morgan fingerprint density at radius 3 is 2.38 bits per heavy atom. The van der Waals surface area contributed by atoms with Gasteiger partial charge in [0.2, 0.25) is 0 Å². The average molecular weight is 224 g/mol. The number of hydrogen-bond donors (Lipinski definition) is 1. The van der Waals surface area contributed by atoms with Crippen LogP contribution in [-0.2, 0) is 14.3 Å². The van der Waals surface area contributed by atoms with E-state index in [0.29, 0.717) is 0 Å². The molecule has 5 nitrogen and oxygen atoms in total. The van der Waals surface area contributed by atoms with E-state index in [1.807, 2.05) is 0 Å². The summed E-state index contributed by atoms with van der Waals surface area (Å²) in [7, 11) is 2.38. The van der Waals surface area contributed by atoms with Crippen LogP contribution in [0.25, 0.3) is 0 Å². The Labute approximate surface area is 92.6 Å². The normalized spacial score (nSPS) is 11.7. The first-order valence-corrected chi connectivity index (χ1v) is 4.55. The smallest absolute Gasteiger partial charge is 0.339 e. The van der Waals surface area contributed by atoms with Gasteiger partial charge < -0.3 is 14.6 Å². The van der Waals surface area contributed by atoms with E-state index >= 15 is 0 Å². The summed E-state index contributed by atoms with van der Waals surface area (Å²) < 4.78 is 8.93. The molecule has 1 rings (SSSR count). The van der Waals surface area contributed by atoms with Crippen molar-refractivity contribution in [1.29, 1.82) is 0 Å². The zero-order valence-electron chi connectivity index (χ0n) is 8.97. The molecule has 0 bridgehead atoms. The molecule has 0 fully saturated rings. The highest BCUT2D eigenvalue weighted by Gasteiger charge is 2.23. The summed E-state index contributed by atoms with van der Waals surface area (Å²) in [6.45, 7) is 0. The summed E-state index contributed by atoms with van der Waals surface area (Å²) in [4.78, 5) is 22.5. The zero-order chi connectivity index (χ0) is 12.1. The number of esters is 2. The van der Waals surface area contributed by atoms with Crippen LogP contribution in [0.4, 0.5) is 0 Å². The highest BCUT2D eigenvalue weighted by Crippen LogP contribution is 2.19. The number of carbonyl (C=O) groups is 2. The third-order valence-corrected chi connectivity index (χ3v) is 2.09. The molecule has 1 aromatic rings. The van der Waals surface area contributed by atoms with E-state index in [1.54, 1.807) is 12.1 Å². The molecule has 0 aliphatic carbocycles. The minimum absolute atomic E-state index is 0.142. The number of benzene rings is 1. The summed E-state index contributed by atoms with van der Waals surface area (Å²) in [5, 5.41) is 9.63. The van der Waals surface area contributed by atoms with Crippen LogP contribution in [0.2, 0.25) is 0 Å². The van der Waals surface area contributed by atoms with Crippen LogP contribution in [0.15, 0.2) is 24.3 Å². The van der Waals surface area contributed by atoms with E-state index in [4.69, 9.17) is 0 Å². The Kier molecular flexibility index (Phi) is 4.02. The number of rotatable bonds is 3. The second-order valence-electron chi connectivity index (χ2n) is 3.00. The van der Waals surface area contributed by atoms with Crippen molar-refractivity contribution in [2.45, 2.75) is 6.10 Å².